The number of rotatable bonds is 7. The van der Waals surface area contributed by atoms with Crippen molar-refractivity contribution >= 4 is 5.91 Å². The van der Waals surface area contributed by atoms with E-state index < -0.39 is 29.4 Å². The summed E-state index contributed by atoms with van der Waals surface area (Å²) >= 11 is 0. The van der Waals surface area contributed by atoms with Gasteiger partial charge in [-0.25, -0.2) is 0 Å². The Bertz CT molecular complexity index is 852. The summed E-state index contributed by atoms with van der Waals surface area (Å²) in [6.45, 7) is 4.36. The number of primary amides is 1. The fourth-order valence-corrected chi connectivity index (χ4v) is 2.99. The Hall–Kier alpha value is -2.49. The highest BCUT2D eigenvalue weighted by molar-refractivity contribution is 5.95. The van der Waals surface area contributed by atoms with E-state index in [9.17, 15) is 31.1 Å². The zero-order valence-corrected chi connectivity index (χ0v) is 15.7. The third kappa shape index (κ3) is 5.31. The Balaban J connectivity index is 2.65. The van der Waals surface area contributed by atoms with Crippen molar-refractivity contribution in [3.8, 4) is 11.3 Å². The first-order valence-electron chi connectivity index (χ1n) is 8.73. The molecule has 2 N–H and O–H groups in total. The van der Waals surface area contributed by atoms with Crippen LogP contribution in [0.3, 0.4) is 0 Å². The Morgan fingerprint density at radius 2 is 1.59 bits per heavy atom. The summed E-state index contributed by atoms with van der Waals surface area (Å²) in [7, 11) is 0. The number of hydrogen-bond donors (Lipinski definition) is 1. The first-order valence-corrected chi connectivity index (χ1v) is 8.73. The normalized spacial score (nSPS) is 12.4. The van der Waals surface area contributed by atoms with Crippen LogP contribution in [0.1, 0.15) is 40.5 Å². The molecule has 160 valence electrons. The van der Waals surface area contributed by atoms with Crippen LogP contribution in [0.2, 0.25) is 0 Å². The van der Waals surface area contributed by atoms with E-state index in [-0.39, 0.29) is 29.4 Å². The van der Waals surface area contributed by atoms with Gasteiger partial charge in [-0.05, 0) is 50.1 Å². The Labute approximate surface area is 163 Å². The molecule has 1 heterocycles. The molecule has 1 aromatic carbocycles. The zero-order chi connectivity index (χ0) is 22.0. The summed E-state index contributed by atoms with van der Waals surface area (Å²) < 4.78 is 85.8. The summed E-state index contributed by atoms with van der Waals surface area (Å²) in [4.78, 5) is 11.7. The van der Waals surface area contributed by atoms with Gasteiger partial charge in [0, 0.05) is 31.1 Å². The van der Waals surface area contributed by atoms with Gasteiger partial charge in [0.25, 0.3) is 5.91 Å². The van der Waals surface area contributed by atoms with Gasteiger partial charge < -0.3 is 15.0 Å². The van der Waals surface area contributed by atoms with Gasteiger partial charge in [0.15, 0.2) is 0 Å². The molecule has 0 spiro atoms. The van der Waals surface area contributed by atoms with Crippen LogP contribution in [0.25, 0.3) is 11.3 Å². The smallest absolute Gasteiger partial charge is 0.382 e. The average molecular weight is 422 g/mol. The standard InChI is InChI=1S/C19H20F6N2O2/c1-3-29-6-4-5-27-11(2)15(17(26)28)10-16(27)12-7-13(18(20,21)22)9-14(8-12)19(23,24)25/h7-10H,3-6H2,1-2H3,(H2,26,28). The van der Waals surface area contributed by atoms with Gasteiger partial charge in [-0.3, -0.25) is 4.79 Å². The summed E-state index contributed by atoms with van der Waals surface area (Å²) in [6, 6.07) is 2.55. The van der Waals surface area contributed by atoms with E-state index in [1.807, 2.05) is 0 Å². The lowest BCUT2D eigenvalue weighted by atomic mass is 10.0. The predicted molar refractivity (Wildman–Crippen MR) is 94.2 cm³/mol. The minimum absolute atomic E-state index is 0.0300. The van der Waals surface area contributed by atoms with Crippen LogP contribution in [0.15, 0.2) is 24.3 Å². The van der Waals surface area contributed by atoms with Gasteiger partial charge in [-0.15, -0.1) is 0 Å². The molecule has 0 saturated carbocycles. The van der Waals surface area contributed by atoms with Gasteiger partial charge in [0.1, 0.15) is 0 Å². The monoisotopic (exact) mass is 422 g/mol. The predicted octanol–water partition coefficient (Wildman–Crippen LogP) is 5.03. The van der Waals surface area contributed by atoms with E-state index in [2.05, 4.69) is 0 Å². The molecule has 0 unspecified atom stereocenters. The number of nitrogens with zero attached hydrogens (tertiary/aromatic N) is 1. The van der Waals surface area contributed by atoms with Crippen LogP contribution < -0.4 is 5.73 Å². The summed E-state index contributed by atoms with van der Waals surface area (Å²) in [6.07, 6.45) is -9.49. The molecule has 0 aliphatic rings. The van der Waals surface area contributed by atoms with Gasteiger partial charge in [0.2, 0.25) is 0 Å². The molecule has 0 fully saturated rings. The largest absolute Gasteiger partial charge is 0.416 e. The van der Waals surface area contributed by atoms with Gasteiger partial charge in [0.05, 0.1) is 16.7 Å². The second-order valence-corrected chi connectivity index (χ2v) is 6.39. The number of benzene rings is 1. The number of carbonyl (C=O) groups excluding carboxylic acids is 1. The van der Waals surface area contributed by atoms with Crippen molar-refractivity contribution in [1.29, 1.82) is 0 Å². The third-order valence-electron chi connectivity index (χ3n) is 4.39. The number of aromatic nitrogens is 1. The lowest BCUT2D eigenvalue weighted by Gasteiger charge is -2.16. The number of nitrogens with two attached hydrogens (primary N) is 1. The number of amides is 1. The minimum atomic E-state index is -4.97. The highest BCUT2D eigenvalue weighted by atomic mass is 19.4. The zero-order valence-electron chi connectivity index (χ0n) is 15.7. The van der Waals surface area contributed by atoms with Crippen molar-refractivity contribution in [2.75, 3.05) is 13.2 Å². The molecule has 1 aromatic heterocycles. The van der Waals surface area contributed by atoms with Crippen molar-refractivity contribution in [3.63, 3.8) is 0 Å². The van der Waals surface area contributed by atoms with Crippen LogP contribution in [-0.4, -0.2) is 23.7 Å². The maximum Gasteiger partial charge on any atom is 0.416 e. The number of hydrogen-bond acceptors (Lipinski definition) is 2. The molecule has 29 heavy (non-hydrogen) atoms. The molecule has 10 heteroatoms. The molecule has 0 aliphatic heterocycles. The average Bonchev–Trinajstić information content (AvgIpc) is 2.94. The molecule has 2 rings (SSSR count). The molecule has 1 amide bonds. The lowest BCUT2D eigenvalue weighted by Crippen LogP contribution is -2.13. The highest BCUT2D eigenvalue weighted by Crippen LogP contribution is 2.39. The van der Waals surface area contributed by atoms with Crippen molar-refractivity contribution in [1.82, 2.24) is 4.57 Å². The van der Waals surface area contributed by atoms with Gasteiger partial charge in [-0.1, -0.05) is 0 Å². The molecule has 0 saturated heterocycles. The lowest BCUT2D eigenvalue weighted by molar-refractivity contribution is -0.143. The third-order valence-corrected chi connectivity index (χ3v) is 4.39. The first kappa shape index (κ1) is 22.8. The quantitative estimate of drug-likeness (QED) is 0.503. The van der Waals surface area contributed by atoms with Gasteiger partial charge >= 0.3 is 12.4 Å². The minimum Gasteiger partial charge on any atom is -0.382 e. The molecule has 0 bridgehead atoms. The van der Waals surface area contributed by atoms with Crippen molar-refractivity contribution in [2.24, 2.45) is 5.73 Å². The van der Waals surface area contributed by atoms with Crippen LogP contribution in [-0.2, 0) is 23.6 Å². The number of alkyl halides is 6. The van der Waals surface area contributed by atoms with E-state index in [1.165, 1.54) is 17.6 Å². The SMILES string of the molecule is CCOCCCn1c(-c2cc(C(F)(F)F)cc(C(F)(F)F)c2)cc(C(N)=O)c1C. The first-order chi connectivity index (χ1) is 13.4. The van der Waals surface area contributed by atoms with Crippen molar-refractivity contribution in [3.05, 3.63) is 46.6 Å². The highest BCUT2D eigenvalue weighted by Gasteiger charge is 2.37. The molecule has 0 radical (unpaired) electrons. The fraction of sp³-hybridized carbons (Fsp3) is 0.421. The second kappa shape index (κ2) is 8.48. The maximum absolute atomic E-state index is 13.2. The molecule has 4 nitrogen and oxygen atoms in total. The van der Waals surface area contributed by atoms with Crippen LogP contribution >= 0.6 is 0 Å². The van der Waals surface area contributed by atoms with E-state index in [1.54, 1.807) is 6.92 Å². The molecule has 0 atom stereocenters. The van der Waals surface area contributed by atoms with Crippen LogP contribution in [0, 0.1) is 6.92 Å². The Morgan fingerprint density at radius 3 is 2.03 bits per heavy atom. The van der Waals surface area contributed by atoms with Gasteiger partial charge in [-0.2, -0.15) is 26.3 Å². The Morgan fingerprint density at radius 1 is 1.03 bits per heavy atom. The fourth-order valence-electron chi connectivity index (χ4n) is 2.99. The summed E-state index contributed by atoms with van der Waals surface area (Å²) in [5, 5.41) is 0. The number of ether oxygens (including phenoxy) is 1. The topological polar surface area (TPSA) is 57.2 Å². The second-order valence-electron chi connectivity index (χ2n) is 6.39. The molecule has 0 aliphatic carbocycles. The number of halogens is 6. The van der Waals surface area contributed by atoms with Crippen LogP contribution in [0.5, 0.6) is 0 Å². The van der Waals surface area contributed by atoms with Crippen molar-refractivity contribution in [2.45, 2.75) is 39.2 Å². The number of carbonyl (C=O) groups is 1. The molecule has 2 aromatic rings. The van der Waals surface area contributed by atoms with E-state index in [0.29, 0.717) is 37.5 Å². The maximum atomic E-state index is 13.2. The van der Waals surface area contributed by atoms with E-state index in [4.69, 9.17) is 10.5 Å². The van der Waals surface area contributed by atoms with Crippen LogP contribution in [0.4, 0.5) is 26.3 Å². The molecular weight excluding hydrogens is 402 g/mol. The van der Waals surface area contributed by atoms with Crippen molar-refractivity contribution < 1.29 is 35.9 Å². The summed E-state index contributed by atoms with van der Waals surface area (Å²) in [5.41, 5.74) is 2.58. The van der Waals surface area contributed by atoms with E-state index in [0.717, 1.165) is 0 Å². The van der Waals surface area contributed by atoms with E-state index >= 15 is 0 Å². The Kier molecular flexibility index (Phi) is 6.67. The summed E-state index contributed by atoms with van der Waals surface area (Å²) in [5.74, 6) is -0.824. The molecular formula is C19H20F6N2O2.